The number of carbonyl (C=O) groups is 2. The maximum Gasteiger partial charge on any atom is 0.345 e. The molecule has 1 aromatic rings. The van der Waals surface area contributed by atoms with Gasteiger partial charge in [0.1, 0.15) is 11.3 Å². The molecule has 1 N–H and O–H groups in total. The van der Waals surface area contributed by atoms with Crippen LogP contribution in [0.2, 0.25) is 0 Å². The van der Waals surface area contributed by atoms with Crippen LogP contribution in [0, 0.1) is 10.1 Å². The second-order valence-corrected chi connectivity index (χ2v) is 3.77. The van der Waals surface area contributed by atoms with E-state index in [0.29, 0.717) is 0 Å². The van der Waals surface area contributed by atoms with Crippen molar-refractivity contribution < 1.29 is 24.4 Å². The normalized spacial score (nSPS) is 11.5. The number of aliphatic hydroxyl groups excluding tert-OH is 1. The summed E-state index contributed by atoms with van der Waals surface area (Å²) in [4.78, 5) is 33.3. The standard InChI is InChI=1S/C13H13NO6/c1-3-20-13(17)11(8(2)15)12(16)9-6-4-5-7-10(9)14(18)19/h4-7,16H,3H2,1-2H3/b12-11-. The zero-order chi connectivity index (χ0) is 15.3. The third-order valence-corrected chi connectivity index (χ3v) is 2.42. The second-order valence-electron chi connectivity index (χ2n) is 3.77. The maximum atomic E-state index is 11.6. The molecule has 20 heavy (non-hydrogen) atoms. The molecule has 0 spiro atoms. The fraction of sp³-hybridized carbons (Fsp3) is 0.231. The molecule has 0 amide bonds. The summed E-state index contributed by atoms with van der Waals surface area (Å²) in [6.45, 7) is 2.62. The Balaban J connectivity index is 3.47. The van der Waals surface area contributed by atoms with Gasteiger partial charge in [-0.25, -0.2) is 4.79 Å². The Morgan fingerprint density at radius 2 is 1.95 bits per heavy atom. The van der Waals surface area contributed by atoms with Gasteiger partial charge in [0.15, 0.2) is 5.78 Å². The van der Waals surface area contributed by atoms with E-state index < -0.39 is 33.7 Å². The molecule has 0 bridgehead atoms. The predicted octanol–water partition coefficient (Wildman–Crippen LogP) is 2.02. The average Bonchev–Trinajstić information content (AvgIpc) is 2.38. The molecular formula is C13H13NO6. The van der Waals surface area contributed by atoms with E-state index in [9.17, 15) is 24.8 Å². The zero-order valence-electron chi connectivity index (χ0n) is 11.0. The Labute approximate surface area is 114 Å². The summed E-state index contributed by atoms with van der Waals surface area (Å²) >= 11 is 0. The summed E-state index contributed by atoms with van der Waals surface area (Å²) in [6, 6.07) is 5.26. The molecule has 0 heterocycles. The Bertz CT molecular complexity index is 590. The minimum atomic E-state index is -1.02. The molecule has 1 aromatic carbocycles. The summed E-state index contributed by atoms with van der Waals surface area (Å²) in [5.74, 6) is -2.52. The number of rotatable bonds is 5. The molecule has 0 atom stereocenters. The molecule has 0 unspecified atom stereocenters. The van der Waals surface area contributed by atoms with Crippen LogP contribution >= 0.6 is 0 Å². The van der Waals surface area contributed by atoms with Gasteiger partial charge < -0.3 is 9.84 Å². The number of hydrogen-bond acceptors (Lipinski definition) is 6. The van der Waals surface area contributed by atoms with Gasteiger partial charge in [0, 0.05) is 6.07 Å². The first-order valence-corrected chi connectivity index (χ1v) is 5.75. The van der Waals surface area contributed by atoms with Crippen molar-refractivity contribution in [2.24, 2.45) is 0 Å². The summed E-state index contributed by atoms with van der Waals surface area (Å²) in [7, 11) is 0. The monoisotopic (exact) mass is 279 g/mol. The molecular weight excluding hydrogens is 266 g/mol. The van der Waals surface area contributed by atoms with Gasteiger partial charge in [-0.15, -0.1) is 0 Å². The van der Waals surface area contributed by atoms with Crippen molar-refractivity contribution >= 4 is 23.2 Å². The van der Waals surface area contributed by atoms with E-state index in [1.165, 1.54) is 25.1 Å². The van der Waals surface area contributed by atoms with Crippen LogP contribution in [-0.2, 0) is 14.3 Å². The Morgan fingerprint density at radius 1 is 1.35 bits per heavy atom. The molecule has 0 radical (unpaired) electrons. The number of nitro benzene ring substituents is 1. The van der Waals surface area contributed by atoms with Crippen molar-refractivity contribution in [2.75, 3.05) is 6.61 Å². The number of ether oxygens (including phenoxy) is 1. The average molecular weight is 279 g/mol. The maximum absolute atomic E-state index is 11.6. The lowest BCUT2D eigenvalue weighted by Gasteiger charge is -2.08. The summed E-state index contributed by atoms with van der Waals surface area (Å²) in [5, 5.41) is 20.9. The van der Waals surface area contributed by atoms with Crippen LogP contribution in [0.15, 0.2) is 29.8 Å². The SMILES string of the molecule is CCOC(=O)/C(C(C)=O)=C(\O)c1ccccc1[N+](=O)[O-]. The molecule has 0 aliphatic carbocycles. The highest BCUT2D eigenvalue weighted by Gasteiger charge is 2.26. The fourth-order valence-electron chi connectivity index (χ4n) is 1.58. The van der Waals surface area contributed by atoms with Crippen LogP contribution in [0.4, 0.5) is 5.69 Å². The van der Waals surface area contributed by atoms with Crippen LogP contribution in [0.25, 0.3) is 5.76 Å². The van der Waals surface area contributed by atoms with Crippen LogP contribution in [0.1, 0.15) is 19.4 Å². The Morgan fingerprint density at radius 3 is 2.45 bits per heavy atom. The van der Waals surface area contributed by atoms with Gasteiger partial charge in [0.25, 0.3) is 5.69 Å². The van der Waals surface area contributed by atoms with Crippen molar-refractivity contribution in [3.8, 4) is 0 Å². The number of carbonyl (C=O) groups excluding carboxylic acids is 2. The predicted molar refractivity (Wildman–Crippen MR) is 70.0 cm³/mol. The first-order valence-electron chi connectivity index (χ1n) is 5.75. The number of nitrogens with zero attached hydrogens (tertiary/aromatic N) is 1. The summed E-state index contributed by atoms with van der Waals surface area (Å²) < 4.78 is 4.66. The van der Waals surface area contributed by atoms with Crippen molar-refractivity contribution in [1.29, 1.82) is 0 Å². The first-order chi connectivity index (χ1) is 9.40. The van der Waals surface area contributed by atoms with Crippen molar-refractivity contribution in [3.05, 3.63) is 45.5 Å². The third kappa shape index (κ3) is 3.19. The fourth-order valence-corrected chi connectivity index (χ4v) is 1.58. The van der Waals surface area contributed by atoms with Gasteiger partial charge in [0.05, 0.1) is 17.1 Å². The number of para-hydroxylation sites is 1. The molecule has 7 nitrogen and oxygen atoms in total. The molecule has 7 heteroatoms. The van der Waals surface area contributed by atoms with Crippen molar-refractivity contribution in [3.63, 3.8) is 0 Å². The largest absolute Gasteiger partial charge is 0.506 e. The number of Topliss-reactive ketones (excluding diaryl/α,β-unsaturated/α-hetero) is 1. The van der Waals surface area contributed by atoms with Crippen molar-refractivity contribution in [2.45, 2.75) is 13.8 Å². The van der Waals surface area contributed by atoms with E-state index in [1.54, 1.807) is 0 Å². The van der Waals surface area contributed by atoms with Gasteiger partial charge in [0.2, 0.25) is 0 Å². The number of benzene rings is 1. The van der Waals surface area contributed by atoms with Crippen LogP contribution in [0.5, 0.6) is 0 Å². The quantitative estimate of drug-likeness (QED) is 0.168. The molecule has 0 aliphatic rings. The number of aliphatic hydroxyl groups is 1. The molecule has 0 fully saturated rings. The van der Waals surface area contributed by atoms with Gasteiger partial charge in [-0.1, -0.05) is 12.1 Å². The molecule has 0 aliphatic heterocycles. The number of ketones is 1. The van der Waals surface area contributed by atoms with E-state index in [2.05, 4.69) is 4.74 Å². The van der Waals surface area contributed by atoms with Crippen LogP contribution in [-0.4, -0.2) is 28.4 Å². The van der Waals surface area contributed by atoms with E-state index in [0.717, 1.165) is 13.0 Å². The van der Waals surface area contributed by atoms with Crippen LogP contribution < -0.4 is 0 Å². The minimum absolute atomic E-state index is 0.0137. The van der Waals surface area contributed by atoms with Crippen LogP contribution in [0.3, 0.4) is 0 Å². The van der Waals surface area contributed by atoms with Gasteiger partial charge in [-0.2, -0.15) is 0 Å². The van der Waals surface area contributed by atoms with Gasteiger partial charge in [-0.3, -0.25) is 14.9 Å². The number of hydrogen-bond donors (Lipinski definition) is 1. The lowest BCUT2D eigenvalue weighted by molar-refractivity contribution is -0.385. The Hall–Kier alpha value is -2.70. The topological polar surface area (TPSA) is 107 Å². The zero-order valence-corrected chi connectivity index (χ0v) is 11.0. The molecule has 0 aromatic heterocycles. The molecule has 106 valence electrons. The Kier molecular flexibility index (Phi) is 4.96. The summed E-state index contributed by atoms with van der Waals surface area (Å²) in [5.41, 5.74) is -1.23. The second kappa shape index (κ2) is 6.46. The molecule has 1 rings (SSSR count). The first kappa shape index (κ1) is 15.4. The highest BCUT2D eigenvalue weighted by Crippen LogP contribution is 2.27. The third-order valence-electron chi connectivity index (χ3n) is 2.42. The number of esters is 1. The molecule has 0 saturated heterocycles. The summed E-state index contributed by atoms with van der Waals surface area (Å²) in [6.07, 6.45) is 0. The highest BCUT2D eigenvalue weighted by atomic mass is 16.6. The molecule has 0 saturated carbocycles. The lowest BCUT2D eigenvalue weighted by Crippen LogP contribution is -2.16. The lowest BCUT2D eigenvalue weighted by atomic mass is 10.0. The van der Waals surface area contributed by atoms with Gasteiger partial charge in [-0.05, 0) is 19.9 Å². The van der Waals surface area contributed by atoms with Crippen molar-refractivity contribution in [1.82, 2.24) is 0 Å². The van der Waals surface area contributed by atoms with E-state index in [4.69, 9.17) is 0 Å². The van der Waals surface area contributed by atoms with Gasteiger partial charge >= 0.3 is 5.97 Å². The highest BCUT2D eigenvalue weighted by molar-refractivity contribution is 6.21. The minimum Gasteiger partial charge on any atom is -0.506 e. The van der Waals surface area contributed by atoms with E-state index >= 15 is 0 Å². The smallest absolute Gasteiger partial charge is 0.345 e. The van der Waals surface area contributed by atoms with E-state index in [-0.39, 0.29) is 12.2 Å². The number of nitro groups is 1. The van der Waals surface area contributed by atoms with E-state index in [1.807, 2.05) is 0 Å².